The summed E-state index contributed by atoms with van der Waals surface area (Å²) in [7, 11) is 1.66. The molecule has 0 radical (unpaired) electrons. The minimum Gasteiger partial charge on any atom is -0.497 e. The van der Waals surface area contributed by atoms with Crippen molar-refractivity contribution in [2.24, 2.45) is 0 Å². The van der Waals surface area contributed by atoms with Gasteiger partial charge in [0.15, 0.2) is 0 Å². The van der Waals surface area contributed by atoms with Gasteiger partial charge < -0.3 is 15.5 Å². The van der Waals surface area contributed by atoms with Crippen LogP contribution >= 0.6 is 11.3 Å². The molecule has 86 valence electrons. The molecule has 3 rings (SSSR count). The van der Waals surface area contributed by atoms with Gasteiger partial charge in [-0.2, -0.15) is 0 Å². The maximum atomic E-state index is 5.90. The number of nitrogen functional groups attached to an aromatic ring is 1. The van der Waals surface area contributed by atoms with Crippen LogP contribution in [0.2, 0.25) is 0 Å². The lowest BCUT2D eigenvalue weighted by Crippen LogP contribution is -1.85. The molecule has 0 aliphatic rings. The monoisotopic (exact) mass is 245 g/mol. The summed E-state index contributed by atoms with van der Waals surface area (Å²) < 4.78 is 5.23. The molecule has 2 heterocycles. The van der Waals surface area contributed by atoms with Crippen molar-refractivity contribution in [3.63, 3.8) is 0 Å². The van der Waals surface area contributed by atoms with Crippen LogP contribution in [0.3, 0.4) is 0 Å². The van der Waals surface area contributed by atoms with E-state index in [9.17, 15) is 0 Å². The van der Waals surface area contributed by atoms with Crippen LogP contribution in [0.5, 0.6) is 5.75 Å². The highest BCUT2D eigenvalue weighted by Gasteiger charge is 2.11. The van der Waals surface area contributed by atoms with Gasteiger partial charge in [0.25, 0.3) is 0 Å². The predicted molar refractivity (Wildman–Crippen MR) is 70.4 cm³/mol. The molecule has 2 aromatic heterocycles. The summed E-state index contributed by atoms with van der Waals surface area (Å²) in [6, 6.07) is 5.90. The van der Waals surface area contributed by atoms with E-state index >= 15 is 0 Å². The first kappa shape index (κ1) is 10.2. The van der Waals surface area contributed by atoms with Crippen LogP contribution < -0.4 is 10.5 Å². The highest BCUT2D eigenvalue weighted by atomic mass is 32.1. The maximum absolute atomic E-state index is 5.90. The van der Waals surface area contributed by atoms with E-state index in [1.54, 1.807) is 12.6 Å². The van der Waals surface area contributed by atoms with Crippen molar-refractivity contribution in [2.75, 3.05) is 12.8 Å². The summed E-state index contributed by atoms with van der Waals surface area (Å²) in [4.78, 5) is 7.51. The Labute approximate surface area is 102 Å². The number of ether oxygens (including phenoxy) is 1. The van der Waals surface area contributed by atoms with Gasteiger partial charge in [-0.1, -0.05) is 0 Å². The third-order valence-electron chi connectivity index (χ3n) is 2.74. The van der Waals surface area contributed by atoms with E-state index in [4.69, 9.17) is 10.5 Å². The number of fused-ring (bicyclic) bond motifs is 1. The van der Waals surface area contributed by atoms with Crippen LogP contribution in [-0.4, -0.2) is 17.1 Å². The molecule has 0 saturated carbocycles. The Morgan fingerprint density at radius 3 is 3.00 bits per heavy atom. The second-order valence-electron chi connectivity index (χ2n) is 3.68. The van der Waals surface area contributed by atoms with E-state index in [-0.39, 0.29) is 0 Å². The molecule has 5 heteroatoms. The lowest BCUT2D eigenvalue weighted by Gasteiger charge is -2.00. The number of hydrogen-bond acceptors (Lipinski definition) is 4. The summed E-state index contributed by atoms with van der Waals surface area (Å²) in [5.41, 5.74) is 10.5. The number of anilines is 1. The molecule has 0 aliphatic heterocycles. The van der Waals surface area contributed by atoms with Crippen LogP contribution in [0.15, 0.2) is 29.9 Å². The van der Waals surface area contributed by atoms with E-state index in [2.05, 4.69) is 9.97 Å². The van der Waals surface area contributed by atoms with Crippen molar-refractivity contribution in [3.8, 4) is 17.0 Å². The van der Waals surface area contributed by atoms with Crippen LogP contribution in [0.25, 0.3) is 22.2 Å². The number of benzene rings is 1. The summed E-state index contributed by atoms with van der Waals surface area (Å²) in [5.74, 6) is 0.826. The number of aromatic nitrogens is 2. The summed E-state index contributed by atoms with van der Waals surface area (Å²) >= 11 is 1.44. The normalized spacial score (nSPS) is 10.9. The fourth-order valence-electron chi connectivity index (χ4n) is 1.88. The van der Waals surface area contributed by atoms with Gasteiger partial charge in [0.2, 0.25) is 0 Å². The lowest BCUT2D eigenvalue weighted by molar-refractivity contribution is 0.415. The number of nitrogens with one attached hydrogen (secondary N) is 1. The van der Waals surface area contributed by atoms with Crippen molar-refractivity contribution in [1.29, 1.82) is 0 Å². The number of aromatic amines is 1. The third-order valence-corrected chi connectivity index (χ3v) is 3.40. The van der Waals surface area contributed by atoms with Crippen molar-refractivity contribution < 1.29 is 4.74 Å². The fraction of sp³-hybridized carbons (Fsp3) is 0.0833. The van der Waals surface area contributed by atoms with Gasteiger partial charge in [-0.05, 0) is 18.2 Å². The quantitative estimate of drug-likeness (QED) is 0.729. The second-order valence-corrected chi connectivity index (χ2v) is 4.57. The smallest absolute Gasteiger partial charge is 0.119 e. The number of rotatable bonds is 2. The first-order valence-electron chi connectivity index (χ1n) is 5.14. The van der Waals surface area contributed by atoms with Crippen LogP contribution in [0.1, 0.15) is 0 Å². The summed E-state index contributed by atoms with van der Waals surface area (Å²) in [5, 5.41) is 1.80. The number of nitrogens with zero attached hydrogens (tertiary/aromatic N) is 1. The highest BCUT2D eigenvalue weighted by Crippen LogP contribution is 2.34. The molecule has 1 aromatic carbocycles. The zero-order valence-corrected chi connectivity index (χ0v) is 10.0. The Kier molecular flexibility index (Phi) is 2.26. The van der Waals surface area contributed by atoms with Crippen molar-refractivity contribution in [1.82, 2.24) is 9.97 Å². The van der Waals surface area contributed by atoms with E-state index in [1.807, 2.05) is 24.4 Å². The number of nitrogens with two attached hydrogens (primary N) is 1. The Morgan fingerprint density at radius 1 is 1.41 bits per heavy atom. The Morgan fingerprint density at radius 2 is 2.29 bits per heavy atom. The molecular weight excluding hydrogens is 234 g/mol. The largest absolute Gasteiger partial charge is 0.497 e. The van der Waals surface area contributed by atoms with Crippen LogP contribution in [0, 0.1) is 0 Å². The molecule has 0 fully saturated rings. The molecule has 0 amide bonds. The Hall–Kier alpha value is -2.01. The van der Waals surface area contributed by atoms with Crippen molar-refractivity contribution >= 4 is 27.2 Å². The minimum atomic E-state index is 0.730. The molecule has 0 unspecified atom stereocenters. The van der Waals surface area contributed by atoms with Crippen molar-refractivity contribution in [3.05, 3.63) is 29.9 Å². The van der Waals surface area contributed by atoms with Gasteiger partial charge in [-0.25, -0.2) is 4.98 Å². The molecule has 0 bridgehead atoms. The van der Waals surface area contributed by atoms with Crippen molar-refractivity contribution in [2.45, 2.75) is 0 Å². The van der Waals surface area contributed by atoms with Gasteiger partial charge in [-0.15, -0.1) is 11.3 Å². The van der Waals surface area contributed by atoms with Gasteiger partial charge in [0.05, 0.1) is 12.6 Å². The van der Waals surface area contributed by atoms with Gasteiger partial charge in [0, 0.05) is 22.7 Å². The molecular formula is C12H11N3OS. The molecule has 3 N–H and O–H groups in total. The second kappa shape index (κ2) is 3.78. The average molecular weight is 245 g/mol. The van der Waals surface area contributed by atoms with Gasteiger partial charge in [0.1, 0.15) is 16.4 Å². The zero-order valence-electron chi connectivity index (χ0n) is 9.23. The van der Waals surface area contributed by atoms with Crippen LogP contribution in [0.4, 0.5) is 5.00 Å². The maximum Gasteiger partial charge on any atom is 0.119 e. The molecule has 17 heavy (non-hydrogen) atoms. The highest BCUT2D eigenvalue weighted by molar-refractivity contribution is 7.14. The first-order valence-corrected chi connectivity index (χ1v) is 6.02. The number of thiazole rings is 1. The SMILES string of the molecule is COc1ccc2[nH]cc(-c3ncsc3N)c2c1. The molecule has 0 spiro atoms. The van der Waals surface area contributed by atoms with E-state index in [1.165, 1.54) is 11.3 Å². The minimum absolute atomic E-state index is 0.730. The van der Waals surface area contributed by atoms with Crippen LogP contribution in [-0.2, 0) is 0 Å². The molecule has 4 nitrogen and oxygen atoms in total. The molecule has 0 saturated heterocycles. The Bertz CT molecular complexity index is 671. The number of H-pyrrole nitrogens is 1. The topological polar surface area (TPSA) is 63.9 Å². The number of methoxy groups -OCH3 is 1. The number of hydrogen-bond donors (Lipinski definition) is 2. The zero-order chi connectivity index (χ0) is 11.8. The first-order chi connectivity index (χ1) is 8.29. The van der Waals surface area contributed by atoms with E-state index in [0.29, 0.717) is 0 Å². The predicted octanol–water partition coefficient (Wildman–Crippen LogP) is 2.88. The van der Waals surface area contributed by atoms with E-state index in [0.717, 1.165) is 32.9 Å². The summed E-state index contributed by atoms with van der Waals surface area (Å²) in [6.45, 7) is 0. The molecule has 0 atom stereocenters. The lowest BCUT2D eigenvalue weighted by atomic mass is 10.1. The van der Waals surface area contributed by atoms with Gasteiger partial charge in [-0.3, -0.25) is 0 Å². The molecule has 0 aliphatic carbocycles. The Balaban J connectivity index is 2.27. The van der Waals surface area contributed by atoms with Gasteiger partial charge >= 0.3 is 0 Å². The molecule has 3 aromatic rings. The fourth-order valence-corrected chi connectivity index (χ4v) is 2.43. The standard InChI is InChI=1S/C12H11N3OS/c1-16-7-2-3-10-8(4-7)9(5-14-10)11-12(13)17-6-15-11/h2-6,14H,13H2,1H3. The summed E-state index contributed by atoms with van der Waals surface area (Å²) in [6.07, 6.45) is 1.93. The van der Waals surface area contributed by atoms with E-state index < -0.39 is 0 Å². The third kappa shape index (κ3) is 1.55. The average Bonchev–Trinajstić information content (AvgIpc) is 2.94.